The molecule has 0 saturated heterocycles. The summed E-state index contributed by atoms with van der Waals surface area (Å²) in [5, 5.41) is 4.99. The maximum atomic E-state index is 12.3. The van der Waals surface area contributed by atoms with Gasteiger partial charge in [0.05, 0.1) is 18.0 Å². The molecule has 0 N–H and O–H groups in total. The summed E-state index contributed by atoms with van der Waals surface area (Å²) in [7, 11) is 1.80. The van der Waals surface area contributed by atoms with E-state index in [0.717, 1.165) is 39.5 Å². The molecule has 1 aromatic carbocycles. The molecule has 3 rings (SSSR count). The molecule has 2 aromatic heterocycles. The van der Waals surface area contributed by atoms with E-state index in [1.165, 1.54) is 0 Å². The molecule has 1 amide bonds. The van der Waals surface area contributed by atoms with E-state index in [1.807, 2.05) is 44.2 Å². The Morgan fingerprint density at radius 3 is 2.79 bits per heavy atom. The quantitative estimate of drug-likeness (QED) is 0.678. The van der Waals surface area contributed by atoms with Crippen LogP contribution in [0.1, 0.15) is 22.8 Å². The van der Waals surface area contributed by atoms with Gasteiger partial charge in [-0.3, -0.25) is 4.79 Å². The lowest BCUT2D eigenvalue weighted by atomic mass is 10.2. The molecule has 24 heavy (non-hydrogen) atoms. The molecular weight excluding hydrogens is 324 g/mol. The van der Waals surface area contributed by atoms with Gasteiger partial charge in [0.2, 0.25) is 5.91 Å². The number of carbonyl (C=O) groups excluding carboxylic acids is 1. The maximum absolute atomic E-state index is 12.3. The van der Waals surface area contributed by atoms with Crippen molar-refractivity contribution in [2.45, 2.75) is 26.1 Å². The number of amides is 1. The monoisotopic (exact) mass is 344 g/mol. The molecule has 3 aromatic rings. The van der Waals surface area contributed by atoms with Gasteiger partial charge in [0.25, 0.3) is 0 Å². The number of carbonyl (C=O) groups is 1. The number of hydrogen-bond acceptors (Lipinski definition) is 5. The first-order valence-electron chi connectivity index (χ1n) is 7.75. The van der Waals surface area contributed by atoms with Crippen LogP contribution in [-0.2, 0) is 17.1 Å². The normalized spacial score (nSPS) is 11.1. The zero-order valence-electron chi connectivity index (χ0n) is 14.0. The van der Waals surface area contributed by atoms with E-state index in [0.29, 0.717) is 12.3 Å². The minimum atomic E-state index is 0.0761. The summed E-state index contributed by atoms with van der Waals surface area (Å²) in [5.74, 6) is 2.84. The molecule has 0 aliphatic rings. The molecule has 0 fully saturated rings. The summed E-state index contributed by atoms with van der Waals surface area (Å²) in [6, 6.07) is 9.83. The Hall–Kier alpha value is -2.21. The summed E-state index contributed by atoms with van der Waals surface area (Å²) in [5.41, 5.74) is 2.82. The van der Waals surface area contributed by atoms with Crippen molar-refractivity contribution in [3.63, 3.8) is 0 Å². The highest BCUT2D eigenvalue weighted by atomic mass is 32.2. The summed E-state index contributed by atoms with van der Waals surface area (Å²) < 4.78 is 10.9. The number of rotatable bonds is 6. The van der Waals surface area contributed by atoms with Gasteiger partial charge in [0.15, 0.2) is 0 Å². The van der Waals surface area contributed by atoms with Gasteiger partial charge >= 0.3 is 0 Å². The Labute approximate surface area is 145 Å². The van der Waals surface area contributed by atoms with Gasteiger partial charge in [-0.1, -0.05) is 23.4 Å². The summed E-state index contributed by atoms with van der Waals surface area (Å²) >= 11 is 1.57. The number of hydrogen-bond donors (Lipinski definition) is 0. The van der Waals surface area contributed by atoms with Gasteiger partial charge < -0.3 is 13.8 Å². The number of thioether (sulfide) groups is 1. The van der Waals surface area contributed by atoms with E-state index >= 15 is 0 Å². The third-order valence-electron chi connectivity index (χ3n) is 3.95. The summed E-state index contributed by atoms with van der Waals surface area (Å²) in [6.07, 6.45) is 0. The molecule has 0 aliphatic heterocycles. The molecule has 0 atom stereocenters. The van der Waals surface area contributed by atoms with Crippen molar-refractivity contribution in [3.05, 3.63) is 53.1 Å². The fourth-order valence-electron chi connectivity index (χ4n) is 2.50. The van der Waals surface area contributed by atoms with E-state index in [1.54, 1.807) is 23.7 Å². The molecule has 0 radical (unpaired) electrons. The molecule has 6 heteroatoms. The largest absolute Gasteiger partial charge is 0.459 e. The molecule has 0 spiro atoms. The maximum Gasteiger partial charge on any atom is 0.232 e. The lowest BCUT2D eigenvalue weighted by Crippen LogP contribution is -2.27. The standard InChI is InChI=1S/C18H20N2O3S/c1-12-16(13(2)23-19-12)10-24-11-18(21)20(3)9-15-8-14-6-4-5-7-17(14)22-15/h4-8H,9-11H2,1-3H3. The van der Waals surface area contributed by atoms with E-state index in [2.05, 4.69) is 5.16 Å². The lowest BCUT2D eigenvalue weighted by molar-refractivity contribution is -0.127. The number of fused-ring (bicyclic) bond motifs is 1. The molecule has 2 heterocycles. The van der Waals surface area contributed by atoms with Crippen LogP contribution < -0.4 is 0 Å². The minimum absolute atomic E-state index is 0.0761. The number of nitrogens with zero attached hydrogens (tertiary/aromatic N) is 2. The molecule has 0 aliphatic carbocycles. The molecule has 0 saturated carbocycles. The van der Waals surface area contributed by atoms with Crippen molar-refractivity contribution in [1.29, 1.82) is 0 Å². The van der Waals surface area contributed by atoms with Crippen LogP contribution >= 0.6 is 11.8 Å². The SMILES string of the molecule is Cc1noc(C)c1CSCC(=O)N(C)Cc1cc2ccccc2o1. The van der Waals surface area contributed by atoms with Gasteiger partial charge in [0.1, 0.15) is 17.1 Å². The Balaban J connectivity index is 1.53. The molecule has 0 bridgehead atoms. The Kier molecular flexibility index (Phi) is 4.94. The van der Waals surface area contributed by atoms with Crippen molar-refractivity contribution in [2.75, 3.05) is 12.8 Å². The number of furan rings is 1. The molecule has 0 unspecified atom stereocenters. The highest BCUT2D eigenvalue weighted by Crippen LogP contribution is 2.21. The van der Waals surface area contributed by atoms with Gasteiger partial charge in [-0.25, -0.2) is 0 Å². The lowest BCUT2D eigenvalue weighted by Gasteiger charge is -2.15. The zero-order chi connectivity index (χ0) is 17.1. The highest BCUT2D eigenvalue weighted by molar-refractivity contribution is 7.99. The van der Waals surface area contributed by atoms with Crippen LogP contribution in [0, 0.1) is 13.8 Å². The van der Waals surface area contributed by atoms with Crippen LogP contribution in [0.15, 0.2) is 39.3 Å². The van der Waals surface area contributed by atoms with Gasteiger partial charge in [-0.2, -0.15) is 0 Å². The van der Waals surface area contributed by atoms with E-state index in [9.17, 15) is 4.79 Å². The second kappa shape index (κ2) is 7.13. The van der Waals surface area contributed by atoms with Gasteiger partial charge in [0, 0.05) is 23.8 Å². The first-order valence-corrected chi connectivity index (χ1v) is 8.91. The number of para-hydroxylation sites is 1. The average Bonchev–Trinajstić information content (AvgIpc) is 3.11. The first kappa shape index (κ1) is 16.6. The van der Waals surface area contributed by atoms with Crippen molar-refractivity contribution >= 4 is 28.6 Å². The van der Waals surface area contributed by atoms with Crippen LogP contribution in [-0.4, -0.2) is 28.8 Å². The first-order chi connectivity index (χ1) is 11.5. The second-order valence-corrected chi connectivity index (χ2v) is 6.78. The highest BCUT2D eigenvalue weighted by Gasteiger charge is 2.14. The van der Waals surface area contributed by atoms with Crippen LogP contribution in [0.25, 0.3) is 11.0 Å². The van der Waals surface area contributed by atoms with Crippen molar-refractivity contribution in [1.82, 2.24) is 10.1 Å². The fraction of sp³-hybridized carbons (Fsp3) is 0.333. The van der Waals surface area contributed by atoms with E-state index < -0.39 is 0 Å². The van der Waals surface area contributed by atoms with E-state index in [-0.39, 0.29) is 5.91 Å². The third kappa shape index (κ3) is 3.64. The Morgan fingerprint density at radius 2 is 2.08 bits per heavy atom. The third-order valence-corrected chi connectivity index (χ3v) is 4.89. The fourth-order valence-corrected chi connectivity index (χ4v) is 3.61. The molecule has 126 valence electrons. The Bertz CT molecular complexity index is 800. The van der Waals surface area contributed by atoms with Gasteiger partial charge in [-0.05, 0) is 26.0 Å². The van der Waals surface area contributed by atoms with Crippen molar-refractivity contribution < 1.29 is 13.7 Å². The van der Waals surface area contributed by atoms with Crippen LogP contribution in [0.2, 0.25) is 0 Å². The second-order valence-electron chi connectivity index (χ2n) is 5.80. The predicted octanol–water partition coefficient (Wildman–Crippen LogP) is 3.93. The van der Waals surface area contributed by atoms with E-state index in [4.69, 9.17) is 8.94 Å². The molecule has 5 nitrogen and oxygen atoms in total. The van der Waals surface area contributed by atoms with Crippen LogP contribution in [0.5, 0.6) is 0 Å². The topological polar surface area (TPSA) is 59.5 Å². The average molecular weight is 344 g/mol. The number of aromatic nitrogens is 1. The number of benzene rings is 1. The zero-order valence-corrected chi connectivity index (χ0v) is 14.9. The smallest absolute Gasteiger partial charge is 0.232 e. The number of aryl methyl sites for hydroxylation is 2. The van der Waals surface area contributed by atoms with Crippen molar-refractivity contribution in [3.8, 4) is 0 Å². The van der Waals surface area contributed by atoms with Gasteiger partial charge in [-0.15, -0.1) is 11.8 Å². The van der Waals surface area contributed by atoms with Crippen LogP contribution in [0.3, 0.4) is 0 Å². The predicted molar refractivity (Wildman–Crippen MR) is 94.8 cm³/mol. The summed E-state index contributed by atoms with van der Waals surface area (Å²) in [4.78, 5) is 14.0. The minimum Gasteiger partial charge on any atom is -0.459 e. The van der Waals surface area contributed by atoms with Crippen LogP contribution in [0.4, 0.5) is 0 Å². The Morgan fingerprint density at radius 1 is 1.29 bits per heavy atom. The summed E-state index contributed by atoms with van der Waals surface area (Å²) in [6.45, 7) is 4.28. The van der Waals surface area contributed by atoms with Crippen molar-refractivity contribution in [2.24, 2.45) is 0 Å². The molecular formula is C18H20N2O3S.